The topological polar surface area (TPSA) is 54.9 Å². The van der Waals surface area contributed by atoms with Gasteiger partial charge in [-0.2, -0.15) is 0 Å². The Balaban J connectivity index is 0.00000576. The molecule has 0 aliphatic heterocycles. The third kappa shape index (κ3) is 8.87. The third-order valence-corrected chi connectivity index (χ3v) is 3.92. The van der Waals surface area contributed by atoms with Gasteiger partial charge in [-0.1, -0.05) is 51.1 Å². The molecule has 0 saturated carbocycles. The first-order chi connectivity index (χ1) is 11.4. The number of methoxy groups -OCH3 is 2. The number of nitrogens with one attached hydrogen (secondary N) is 2. The SMILES string of the molecule is CCNC(=NCC(OC)C(C)(C)C)NCC(OC)c1ccccc1.I. The highest BCUT2D eigenvalue weighted by molar-refractivity contribution is 14.0. The van der Waals surface area contributed by atoms with Gasteiger partial charge in [0.05, 0.1) is 18.8 Å². The molecule has 0 radical (unpaired) electrons. The Morgan fingerprint density at radius 3 is 2.20 bits per heavy atom. The Morgan fingerprint density at radius 1 is 1.08 bits per heavy atom. The van der Waals surface area contributed by atoms with Gasteiger partial charge in [0.15, 0.2) is 5.96 Å². The number of halogens is 1. The van der Waals surface area contributed by atoms with Crippen molar-refractivity contribution in [2.75, 3.05) is 33.9 Å². The smallest absolute Gasteiger partial charge is 0.191 e. The van der Waals surface area contributed by atoms with Crippen molar-refractivity contribution in [1.29, 1.82) is 0 Å². The van der Waals surface area contributed by atoms with Crippen LogP contribution in [0.3, 0.4) is 0 Å². The first kappa shape index (κ1) is 24.1. The lowest BCUT2D eigenvalue weighted by atomic mass is 9.89. The highest BCUT2D eigenvalue weighted by Crippen LogP contribution is 2.21. The Morgan fingerprint density at radius 2 is 1.72 bits per heavy atom. The fraction of sp³-hybridized carbons (Fsp3) is 0.632. The standard InChI is InChI=1S/C19H33N3O2.HI/c1-7-20-18(22-14-17(24-6)19(2,3)4)21-13-16(23-5)15-11-9-8-10-12-15;/h8-12,16-17H,7,13-14H2,1-6H3,(H2,20,21,22);1H. The van der Waals surface area contributed by atoms with Crippen molar-refractivity contribution in [3.63, 3.8) is 0 Å². The van der Waals surface area contributed by atoms with Gasteiger partial charge in [-0.3, -0.25) is 4.99 Å². The predicted molar refractivity (Wildman–Crippen MR) is 116 cm³/mol. The highest BCUT2D eigenvalue weighted by Gasteiger charge is 2.24. The summed E-state index contributed by atoms with van der Waals surface area (Å²) in [5.74, 6) is 0.779. The number of aliphatic imine (C=N–C) groups is 1. The number of hydrogen-bond acceptors (Lipinski definition) is 3. The summed E-state index contributed by atoms with van der Waals surface area (Å²) in [4.78, 5) is 4.66. The second-order valence-electron chi connectivity index (χ2n) is 6.83. The molecule has 2 N–H and O–H groups in total. The number of nitrogens with zero attached hydrogens (tertiary/aromatic N) is 1. The van der Waals surface area contributed by atoms with E-state index >= 15 is 0 Å². The van der Waals surface area contributed by atoms with Crippen molar-refractivity contribution in [2.45, 2.75) is 39.9 Å². The minimum Gasteiger partial charge on any atom is -0.379 e. The van der Waals surface area contributed by atoms with Crippen molar-refractivity contribution < 1.29 is 9.47 Å². The van der Waals surface area contributed by atoms with E-state index in [1.165, 1.54) is 0 Å². The number of rotatable bonds is 8. The molecule has 0 saturated heterocycles. The van der Waals surface area contributed by atoms with Crippen molar-refractivity contribution in [2.24, 2.45) is 10.4 Å². The average molecular weight is 463 g/mol. The van der Waals surface area contributed by atoms with Gasteiger partial charge in [0.1, 0.15) is 0 Å². The lowest BCUT2D eigenvalue weighted by molar-refractivity contribution is 0.0241. The second-order valence-corrected chi connectivity index (χ2v) is 6.83. The highest BCUT2D eigenvalue weighted by atomic mass is 127. The Bertz CT molecular complexity index is 489. The van der Waals surface area contributed by atoms with Crippen LogP contribution in [0.5, 0.6) is 0 Å². The molecule has 144 valence electrons. The van der Waals surface area contributed by atoms with Gasteiger partial charge in [-0.25, -0.2) is 0 Å². The molecule has 0 heterocycles. The molecule has 2 atom stereocenters. The Hall–Kier alpha value is -0.860. The maximum atomic E-state index is 5.60. The molecule has 1 rings (SSSR count). The maximum absolute atomic E-state index is 5.60. The van der Waals surface area contributed by atoms with Crippen molar-refractivity contribution in [1.82, 2.24) is 10.6 Å². The van der Waals surface area contributed by atoms with E-state index in [4.69, 9.17) is 9.47 Å². The monoisotopic (exact) mass is 463 g/mol. The van der Waals surface area contributed by atoms with E-state index in [0.29, 0.717) is 13.1 Å². The van der Waals surface area contributed by atoms with Crippen LogP contribution in [0.4, 0.5) is 0 Å². The summed E-state index contributed by atoms with van der Waals surface area (Å²) in [5.41, 5.74) is 1.20. The van der Waals surface area contributed by atoms with Gasteiger partial charge in [0, 0.05) is 27.3 Å². The van der Waals surface area contributed by atoms with E-state index in [2.05, 4.69) is 55.5 Å². The Labute approximate surface area is 170 Å². The van der Waals surface area contributed by atoms with Crippen LogP contribution in [0, 0.1) is 5.41 Å². The van der Waals surface area contributed by atoms with E-state index < -0.39 is 0 Å². The summed E-state index contributed by atoms with van der Waals surface area (Å²) in [6.45, 7) is 10.6. The molecule has 5 nitrogen and oxygen atoms in total. The van der Waals surface area contributed by atoms with Crippen LogP contribution >= 0.6 is 24.0 Å². The molecule has 2 unspecified atom stereocenters. The van der Waals surface area contributed by atoms with E-state index in [-0.39, 0.29) is 41.6 Å². The first-order valence-corrected chi connectivity index (χ1v) is 8.55. The first-order valence-electron chi connectivity index (χ1n) is 8.55. The quantitative estimate of drug-likeness (QED) is 0.352. The van der Waals surface area contributed by atoms with Crippen LogP contribution in [-0.2, 0) is 9.47 Å². The van der Waals surface area contributed by atoms with Crippen LogP contribution in [0.25, 0.3) is 0 Å². The average Bonchev–Trinajstić information content (AvgIpc) is 2.55. The minimum absolute atomic E-state index is 0. The minimum atomic E-state index is -0.0177. The van der Waals surface area contributed by atoms with Crippen molar-refractivity contribution >= 4 is 29.9 Å². The normalized spacial score (nSPS) is 14.4. The second kappa shape index (κ2) is 12.5. The van der Waals surface area contributed by atoms with Gasteiger partial charge in [0.2, 0.25) is 0 Å². The largest absolute Gasteiger partial charge is 0.379 e. The van der Waals surface area contributed by atoms with Gasteiger partial charge < -0.3 is 20.1 Å². The summed E-state index contributed by atoms with van der Waals surface area (Å²) in [6.07, 6.45) is 0.0520. The van der Waals surface area contributed by atoms with Crippen LogP contribution in [-0.4, -0.2) is 45.9 Å². The van der Waals surface area contributed by atoms with E-state index in [1.54, 1.807) is 14.2 Å². The van der Waals surface area contributed by atoms with Gasteiger partial charge in [-0.05, 0) is 17.9 Å². The lowest BCUT2D eigenvalue weighted by Gasteiger charge is -2.28. The van der Waals surface area contributed by atoms with Crippen LogP contribution in [0.1, 0.15) is 39.4 Å². The fourth-order valence-corrected chi connectivity index (χ4v) is 2.41. The molecule has 0 aromatic heterocycles. The van der Waals surface area contributed by atoms with E-state index in [0.717, 1.165) is 18.1 Å². The molecule has 0 amide bonds. The fourth-order valence-electron chi connectivity index (χ4n) is 2.41. The molecule has 25 heavy (non-hydrogen) atoms. The molecule has 0 aliphatic carbocycles. The zero-order valence-electron chi connectivity index (χ0n) is 16.3. The maximum Gasteiger partial charge on any atom is 0.191 e. The van der Waals surface area contributed by atoms with E-state index in [9.17, 15) is 0 Å². The lowest BCUT2D eigenvalue weighted by Crippen LogP contribution is -2.41. The number of guanidine groups is 1. The van der Waals surface area contributed by atoms with Crippen LogP contribution < -0.4 is 10.6 Å². The molecular formula is C19H34IN3O2. The molecule has 0 spiro atoms. The molecule has 0 bridgehead atoms. The van der Waals surface area contributed by atoms with Crippen LogP contribution in [0.15, 0.2) is 35.3 Å². The van der Waals surface area contributed by atoms with Gasteiger partial charge >= 0.3 is 0 Å². The van der Waals surface area contributed by atoms with Gasteiger partial charge in [-0.15, -0.1) is 24.0 Å². The van der Waals surface area contributed by atoms with Gasteiger partial charge in [0.25, 0.3) is 0 Å². The summed E-state index contributed by atoms with van der Waals surface area (Å²) in [6, 6.07) is 10.2. The molecule has 0 aliphatic rings. The van der Waals surface area contributed by atoms with E-state index in [1.807, 2.05) is 18.2 Å². The molecule has 1 aromatic carbocycles. The number of ether oxygens (including phenoxy) is 2. The zero-order chi connectivity index (χ0) is 18.0. The summed E-state index contributed by atoms with van der Waals surface area (Å²) in [5, 5.41) is 6.63. The summed E-state index contributed by atoms with van der Waals surface area (Å²) in [7, 11) is 3.46. The molecule has 0 fully saturated rings. The summed E-state index contributed by atoms with van der Waals surface area (Å²) >= 11 is 0. The van der Waals surface area contributed by atoms with Crippen LogP contribution in [0.2, 0.25) is 0 Å². The molecular weight excluding hydrogens is 429 g/mol. The molecule has 1 aromatic rings. The van der Waals surface area contributed by atoms with Crippen molar-refractivity contribution in [3.05, 3.63) is 35.9 Å². The third-order valence-electron chi connectivity index (χ3n) is 3.92. The zero-order valence-corrected chi connectivity index (χ0v) is 18.7. The number of benzene rings is 1. The molecule has 6 heteroatoms. The van der Waals surface area contributed by atoms with Crippen molar-refractivity contribution in [3.8, 4) is 0 Å². The summed E-state index contributed by atoms with van der Waals surface area (Å²) < 4.78 is 11.2. The number of hydrogen-bond donors (Lipinski definition) is 2. The predicted octanol–water partition coefficient (Wildman–Crippen LogP) is 3.61. The Kier molecular flexibility index (Phi) is 12.1.